The van der Waals surface area contributed by atoms with E-state index in [1.807, 2.05) is 41.3 Å². The number of amides is 2. The van der Waals surface area contributed by atoms with E-state index in [1.165, 1.54) is 35.6 Å². The highest BCUT2D eigenvalue weighted by Gasteiger charge is 2.24. The first-order valence-electron chi connectivity index (χ1n) is 8.29. The number of thiazole rings is 1. The molecule has 0 bridgehead atoms. The number of hydrogen-bond acceptors (Lipinski definition) is 5. The normalized spacial score (nSPS) is 13.0. The van der Waals surface area contributed by atoms with Crippen LogP contribution in [0.15, 0.2) is 46.8 Å². The summed E-state index contributed by atoms with van der Waals surface area (Å²) < 4.78 is 1.86. The molecule has 0 radical (unpaired) electrons. The quantitative estimate of drug-likeness (QED) is 0.693. The summed E-state index contributed by atoms with van der Waals surface area (Å²) in [6, 6.07) is 13.7. The molecule has 0 atom stereocenters. The number of fused-ring (bicyclic) bond motifs is 2. The van der Waals surface area contributed by atoms with Gasteiger partial charge < -0.3 is 10.2 Å². The van der Waals surface area contributed by atoms with Gasteiger partial charge in [-0.15, -0.1) is 11.3 Å². The van der Waals surface area contributed by atoms with E-state index in [0.717, 1.165) is 38.9 Å². The van der Waals surface area contributed by atoms with Crippen LogP contribution >= 0.6 is 23.1 Å². The summed E-state index contributed by atoms with van der Waals surface area (Å²) in [4.78, 5) is 30.2. The van der Waals surface area contributed by atoms with Crippen LogP contribution in [0.4, 0.5) is 11.4 Å². The Balaban J connectivity index is 1.44. The van der Waals surface area contributed by atoms with Gasteiger partial charge in [-0.25, -0.2) is 4.98 Å². The molecule has 0 saturated carbocycles. The van der Waals surface area contributed by atoms with E-state index in [1.54, 1.807) is 0 Å². The third-order valence-corrected chi connectivity index (χ3v) is 6.34. The molecule has 1 aromatic heterocycles. The number of carbonyl (C=O) groups excluding carboxylic acids is 2. The molecule has 3 aromatic rings. The van der Waals surface area contributed by atoms with Gasteiger partial charge in [0, 0.05) is 24.8 Å². The maximum atomic E-state index is 12.6. The van der Waals surface area contributed by atoms with E-state index in [-0.39, 0.29) is 11.8 Å². The number of aromatic nitrogens is 1. The van der Waals surface area contributed by atoms with Crippen molar-refractivity contribution in [2.24, 2.45) is 0 Å². The fourth-order valence-electron chi connectivity index (χ4n) is 3.04. The van der Waals surface area contributed by atoms with Gasteiger partial charge in [-0.1, -0.05) is 30.0 Å². The van der Waals surface area contributed by atoms with Crippen molar-refractivity contribution in [2.45, 2.75) is 17.7 Å². The van der Waals surface area contributed by atoms with Crippen LogP contribution < -0.4 is 10.2 Å². The van der Waals surface area contributed by atoms with Gasteiger partial charge in [-0.05, 0) is 36.2 Å². The average molecular weight is 383 g/mol. The highest BCUT2D eigenvalue weighted by atomic mass is 32.2. The van der Waals surface area contributed by atoms with Gasteiger partial charge in [0.1, 0.15) is 0 Å². The number of hydrogen-bond donors (Lipinski definition) is 1. The van der Waals surface area contributed by atoms with Crippen molar-refractivity contribution in [1.82, 2.24) is 4.98 Å². The van der Waals surface area contributed by atoms with E-state index in [2.05, 4.69) is 16.4 Å². The van der Waals surface area contributed by atoms with E-state index >= 15 is 0 Å². The van der Waals surface area contributed by atoms with Gasteiger partial charge in [0.15, 0.2) is 4.34 Å². The van der Waals surface area contributed by atoms with Gasteiger partial charge in [-0.3, -0.25) is 9.59 Å². The van der Waals surface area contributed by atoms with Crippen molar-refractivity contribution in [3.63, 3.8) is 0 Å². The van der Waals surface area contributed by atoms with Gasteiger partial charge in [0.05, 0.1) is 16.0 Å². The molecule has 132 valence electrons. The fraction of sp³-hybridized carbons (Fsp3) is 0.211. The number of thioether (sulfide) groups is 1. The molecule has 0 spiro atoms. The number of rotatable bonds is 4. The Hall–Kier alpha value is -2.38. The molecule has 2 amide bonds. The van der Waals surface area contributed by atoms with Gasteiger partial charge in [-0.2, -0.15) is 0 Å². The maximum absolute atomic E-state index is 12.6. The molecule has 0 fully saturated rings. The summed E-state index contributed by atoms with van der Waals surface area (Å²) in [6.45, 7) is 2.24. The Morgan fingerprint density at radius 1 is 1.27 bits per heavy atom. The van der Waals surface area contributed by atoms with Crippen molar-refractivity contribution < 1.29 is 9.59 Å². The molecule has 4 rings (SSSR count). The van der Waals surface area contributed by atoms with Crippen molar-refractivity contribution >= 4 is 56.5 Å². The molecule has 2 aromatic carbocycles. The Morgan fingerprint density at radius 2 is 2.12 bits per heavy atom. The van der Waals surface area contributed by atoms with Gasteiger partial charge in [0.25, 0.3) is 0 Å². The largest absolute Gasteiger partial charge is 0.326 e. The minimum absolute atomic E-state index is 0.0973. The van der Waals surface area contributed by atoms with Crippen LogP contribution in [0.2, 0.25) is 0 Å². The third kappa shape index (κ3) is 3.45. The van der Waals surface area contributed by atoms with Crippen LogP contribution in [0.5, 0.6) is 0 Å². The Morgan fingerprint density at radius 3 is 2.96 bits per heavy atom. The minimum atomic E-state index is -0.0973. The fourth-order valence-corrected chi connectivity index (χ4v) is 5.03. The second-order valence-corrected chi connectivity index (χ2v) is 8.31. The average Bonchev–Trinajstić information content (AvgIpc) is 3.22. The molecule has 26 heavy (non-hydrogen) atoms. The molecule has 0 saturated heterocycles. The van der Waals surface area contributed by atoms with Crippen LogP contribution in [-0.2, 0) is 16.0 Å². The summed E-state index contributed by atoms with van der Waals surface area (Å²) in [6.07, 6.45) is 0.916. The highest BCUT2D eigenvalue weighted by molar-refractivity contribution is 8.01. The smallest absolute Gasteiger partial charge is 0.237 e. The lowest BCUT2D eigenvalue weighted by molar-refractivity contribution is -0.116. The van der Waals surface area contributed by atoms with Crippen LogP contribution in [0.25, 0.3) is 10.2 Å². The van der Waals surface area contributed by atoms with Crippen molar-refractivity contribution in [3.8, 4) is 0 Å². The van der Waals surface area contributed by atoms with Crippen molar-refractivity contribution in [1.29, 1.82) is 0 Å². The van der Waals surface area contributed by atoms with Crippen LogP contribution in [0, 0.1) is 0 Å². The Labute approximate surface area is 159 Å². The Bertz CT molecular complexity index is 999. The molecule has 5 nitrogen and oxygen atoms in total. The number of carbonyl (C=O) groups is 2. The van der Waals surface area contributed by atoms with E-state index in [9.17, 15) is 9.59 Å². The van der Waals surface area contributed by atoms with E-state index in [0.29, 0.717) is 5.75 Å². The first-order valence-corrected chi connectivity index (χ1v) is 10.1. The lowest BCUT2D eigenvalue weighted by atomic mass is 10.2. The van der Waals surface area contributed by atoms with Crippen molar-refractivity contribution in [2.75, 3.05) is 22.5 Å². The molecule has 1 N–H and O–H groups in total. The molecule has 7 heteroatoms. The zero-order valence-electron chi connectivity index (χ0n) is 14.2. The minimum Gasteiger partial charge on any atom is -0.326 e. The molecular formula is C19H17N3O2S2. The van der Waals surface area contributed by atoms with Crippen LogP contribution in [-0.4, -0.2) is 29.1 Å². The topological polar surface area (TPSA) is 62.3 Å². The SMILES string of the molecule is CC(=O)Nc1ccc2nc(SCC(=O)N3CCc4ccccc43)sc2c1. The van der Waals surface area contributed by atoms with Gasteiger partial charge in [0.2, 0.25) is 11.8 Å². The molecular weight excluding hydrogens is 366 g/mol. The molecule has 0 unspecified atom stereocenters. The lowest BCUT2D eigenvalue weighted by Gasteiger charge is -2.16. The molecule has 0 aliphatic carbocycles. The summed E-state index contributed by atoms with van der Waals surface area (Å²) in [5.74, 6) is 0.380. The molecule has 2 heterocycles. The number of nitrogens with one attached hydrogen (secondary N) is 1. The van der Waals surface area contributed by atoms with E-state index < -0.39 is 0 Å². The van der Waals surface area contributed by atoms with Gasteiger partial charge >= 0.3 is 0 Å². The number of anilines is 2. The predicted octanol–water partition coefficient (Wildman–Crippen LogP) is 3.94. The zero-order chi connectivity index (χ0) is 18.1. The second kappa shape index (κ2) is 7.09. The first-order chi connectivity index (χ1) is 12.6. The standard InChI is InChI=1S/C19H17N3O2S2/c1-12(23)20-14-6-7-15-17(10-14)26-19(21-15)25-11-18(24)22-9-8-13-4-2-3-5-16(13)22/h2-7,10H,8-9,11H2,1H3,(H,20,23). The number of para-hydroxylation sites is 1. The summed E-state index contributed by atoms with van der Waals surface area (Å²) in [5.41, 5.74) is 3.90. The maximum Gasteiger partial charge on any atom is 0.237 e. The number of benzene rings is 2. The van der Waals surface area contributed by atoms with Crippen molar-refractivity contribution in [3.05, 3.63) is 48.0 Å². The zero-order valence-corrected chi connectivity index (χ0v) is 15.8. The van der Waals surface area contributed by atoms with Crippen LogP contribution in [0.3, 0.4) is 0 Å². The third-order valence-electron chi connectivity index (χ3n) is 4.20. The lowest BCUT2D eigenvalue weighted by Crippen LogP contribution is -2.30. The van der Waals surface area contributed by atoms with E-state index in [4.69, 9.17) is 0 Å². The second-order valence-electron chi connectivity index (χ2n) is 6.06. The predicted molar refractivity (Wildman–Crippen MR) is 107 cm³/mol. The monoisotopic (exact) mass is 383 g/mol. The first kappa shape index (κ1) is 17.1. The number of nitrogens with zero attached hydrogens (tertiary/aromatic N) is 2. The molecule has 1 aliphatic rings. The summed E-state index contributed by atoms with van der Waals surface area (Å²) in [7, 11) is 0. The summed E-state index contributed by atoms with van der Waals surface area (Å²) >= 11 is 3.00. The van der Waals surface area contributed by atoms with Crippen LogP contribution in [0.1, 0.15) is 12.5 Å². The summed E-state index contributed by atoms with van der Waals surface area (Å²) in [5, 5.41) is 2.78. The molecule has 1 aliphatic heterocycles. The highest BCUT2D eigenvalue weighted by Crippen LogP contribution is 2.33. The Kier molecular flexibility index (Phi) is 4.65.